The second kappa shape index (κ2) is 3.94. The van der Waals surface area contributed by atoms with Gasteiger partial charge in [0.1, 0.15) is 0 Å². The van der Waals surface area contributed by atoms with Gasteiger partial charge in [-0.1, -0.05) is 18.7 Å². The molecule has 0 rings (SSSR count). The third kappa shape index (κ3) is 2.53. The van der Waals surface area contributed by atoms with E-state index in [0.29, 0.717) is 0 Å². The van der Waals surface area contributed by atoms with E-state index >= 15 is 0 Å². The van der Waals surface area contributed by atoms with Gasteiger partial charge in [-0.15, -0.1) is 0 Å². The lowest BCUT2D eigenvalue weighted by Gasteiger charge is -2.05. The van der Waals surface area contributed by atoms with Gasteiger partial charge in [-0.05, 0) is 32.5 Å². The third-order valence-electron chi connectivity index (χ3n) is 1.52. The molecule has 10 heavy (non-hydrogen) atoms. The minimum Gasteiger partial charge on any atom is -0.366 e. The zero-order chi connectivity index (χ0) is 8.15. The van der Waals surface area contributed by atoms with Crippen LogP contribution in [0.3, 0.4) is 0 Å². The Morgan fingerprint density at radius 2 is 1.80 bits per heavy atom. The van der Waals surface area contributed by atoms with Gasteiger partial charge in [-0.2, -0.15) is 0 Å². The van der Waals surface area contributed by atoms with Gasteiger partial charge in [0.2, 0.25) is 0 Å². The largest absolute Gasteiger partial charge is 0.366 e. The standard InChI is InChI=1S/C9H15N/c1-6-10-9(5)8(4)7(2)3/h6,10H,1-2H2,3-5H3/b9-8+. The number of hydrogen-bond acceptors (Lipinski definition) is 1. The molecule has 0 radical (unpaired) electrons. The highest BCUT2D eigenvalue weighted by Crippen LogP contribution is 2.08. The van der Waals surface area contributed by atoms with E-state index < -0.39 is 0 Å². The van der Waals surface area contributed by atoms with Crippen molar-refractivity contribution in [3.8, 4) is 0 Å². The first kappa shape index (κ1) is 9.02. The Bertz CT molecular complexity index is 175. The van der Waals surface area contributed by atoms with Gasteiger partial charge in [-0.25, -0.2) is 0 Å². The molecular formula is C9H15N. The first-order valence-corrected chi connectivity index (χ1v) is 3.30. The maximum atomic E-state index is 3.83. The van der Waals surface area contributed by atoms with E-state index in [1.807, 2.05) is 20.8 Å². The summed E-state index contributed by atoms with van der Waals surface area (Å²) in [5.41, 5.74) is 3.40. The summed E-state index contributed by atoms with van der Waals surface area (Å²) < 4.78 is 0. The molecule has 0 aliphatic carbocycles. The average molecular weight is 137 g/mol. The molecule has 0 aromatic carbocycles. The summed E-state index contributed by atoms with van der Waals surface area (Å²) >= 11 is 0. The molecule has 0 spiro atoms. The molecule has 0 aromatic heterocycles. The van der Waals surface area contributed by atoms with Crippen LogP contribution in [0.5, 0.6) is 0 Å². The fourth-order valence-electron chi connectivity index (χ4n) is 0.581. The van der Waals surface area contributed by atoms with Crippen LogP contribution in [0.1, 0.15) is 20.8 Å². The third-order valence-corrected chi connectivity index (χ3v) is 1.52. The Labute approximate surface area is 63.1 Å². The molecular weight excluding hydrogens is 122 g/mol. The zero-order valence-electron chi connectivity index (χ0n) is 6.99. The van der Waals surface area contributed by atoms with E-state index in [4.69, 9.17) is 0 Å². The van der Waals surface area contributed by atoms with Crippen LogP contribution in [0.25, 0.3) is 0 Å². The summed E-state index contributed by atoms with van der Waals surface area (Å²) in [7, 11) is 0. The fourth-order valence-corrected chi connectivity index (χ4v) is 0.581. The molecule has 1 N–H and O–H groups in total. The maximum Gasteiger partial charge on any atom is 0.0146 e. The lowest BCUT2D eigenvalue weighted by molar-refractivity contribution is 1.02. The molecule has 0 unspecified atom stereocenters. The molecule has 1 heteroatoms. The number of allylic oxidation sites excluding steroid dienone is 3. The van der Waals surface area contributed by atoms with Gasteiger partial charge >= 0.3 is 0 Å². The van der Waals surface area contributed by atoms with Crippen molar-refractivity contribution in [2.75, 3.05) is 0 Å². The van der Waals surface area contributed by atoms with Gasteiger partial charge in [0.15, 0.2) is 0 Å². The Morgan fingerprint density at radius 1 is 1.30 bits per heavy atom. The highest BCUT2D eigenvalue weighted by molar-refractivity contribution is 5.28. The van der Waals surface area contributed by atoms with E-state index in [1.54, 1.807) is 6.20 Å². The van der Waals surface area contributed by atoms with E-state index in [2.05, 4.69) is 18.5 Å². The Kier molecular flexibility index (Phi) is 3.55. The molecule has 1 nitrogen and oxygen atoms in total. The van der Waals surface area contributed by atoms with E-state index in [0.717, 1.165) is 11.3 Å². The van der Waals surface area contributed by atoms with E-state index in [9.17, 15) is 0 Å². The summed E-state index contributed by atoms with van der Waals surface area (Å²) in [6.07, 6.45) is 1.67. The van der Waals surface area contributed by atoms with Crippen molar-refractivity contribution in [1.82, 2.24) is 5.32 Å². The first-order valence-electron chi connectivity index (χ1n) is 3.30. The molecule has 0 saturated carbocycles. The summed E-state index contributed by atoms with van der Waals surface area (Å²) in [6.45, 7) is 13.4. The summed E-state index contributed by atoms with van der Waals surface area (Å²) in [5, 5.41) is 3.01. The lowest BCUT2D eigenvalue weighted by atomic mass is 10.1. The molecule has 0 aliphatic heterocycles. The van der Waals surface area contributed by atoms with Gasteiger partial charge in [-0.3, -0.25) is 0 Å². The Balaban J connectivity index is 4.33. The van der Waals surface area contributed by atoms with Crippen LogP contribution in [-0.2, 0) is 0 Å². The van der Waals surface area contributed by atoms with Crippen LogP contribution in [0.15, 0.2) is 36.2 Å². The molecule has 0 atom stereocenters. The first-order chi connectivity index (χ1) is 4.59. The van der Waals surface area contributed by atoms with Crippen molar-refractivity contribution in [3.63, 3.8) is 0 Å². The van der Waals surface area contributed by atoms with Crippen molar-refractivity contribution < 1.29 is 0 Å². The molecule has 0 amide bonds. The van der Waals surface area contributed by atoms with Crippen molar-refractivity contribution in [3.05, 3.63) is 36.2 Å². The van der Waals surface area contributed by atoms with E-state index in [1.165, 1.54) is 5.57 Å². The summed E-state index contributed by atoms with van der Waals surface area (Å²) in [4.78, 5) is 0. The molecule has 0 aliphatic rings. The minimum absolute atomic E-state index is 1.09. The molecule has 0 fully saturated rings. The van der Waals surface area contributed by atoms with Gasteiger partial charge < -0.3 is 5.32 Å². The molecule has 0 bridgehead atoms. The number of rotatable bonds is 3. The van der Waals surface area contributed by atoms with Crippen LogP contribution in [0.2, 0.25) is 0 Å². The fraction of sp³-hybridized carbons (Fsp3) is 0.333. The Hall–Kier alpha value is -0.980. The lowest BCUT2D eigenvalue weighted by Crippen LogP contribution is -2.02. The maximum absolute atomic E-state index is 3.83. The van der Waals surface area contributed by atoms with Crippen LogP contribution in [0, 0.1) is 0 Å². The van der Waals surface area contributed by atoms with E-state index in [-0.39, 0.29) is 0 Å². The van der Waals surface area contributed by atoms with Crippen molar-refractivity contribution in [2.24, 2.45) is 0 Å². The van der Waals surface area contributed by atoms with Gasteiger partial charge in [0.25, 0.3) is 0 Å². The second-order valence-electron chi connectivity index (χ2n) is 2.38. The van der Waals surface area contributed by atoms with Crippen molar-refractivity contribution in [2.45, 2.75) is 20.8 Å². The smallest absolute Gasteiger partial charge is 0.0146 e. The predicted octanol–water partition coefficient (Wildman–Crippen LogP) is 2.59. The predicted molar refractivity (Wildman–Crippen MR) is 46.5 cm³/mol. The van der Waals surface area contributed by atoms with Gasteiger partial charge in [0.05, 0.1) is 0 Å². The molecule has 56 valence electrons. The second-order valence-corrected chi connectivity index (χ2v) is 2.38. The highest BCUT2D eigenvalue weighted by atomic mass is 14.8. The topological polar surface area (TPSA) is 12.0 Å². The average Bonchev–Trinajstić information content (AvgIpc) is 1.87. The molecule has 0 aromatic rings. The quantitative estimate of drug-likeness (QED) is 0.589. The van der Waals surface area contributed by atoms with Crippen LogP contribution < -0.4 is 5.32 Å². The summed E-state index contributed by atoms with van der Waals surface area (Å²) in [6, 6.07) is 0. The van der Waals surface area contributed by atoms with Gasteiger partial charge in [0, 0.05) is 5.70 Å². The van der Waals surface area contributed by atoms with Crippen molar-refractivity contribution in [1.29, 1.82) is 0 Å². The molecule has 0 saturated heterocycles. The normalized spacial score (nSPS) is 11.9. The highest BCUT2D eigenvalue weighted by Gasteiger charge is 1.93. The number of nitrogens with one attached hydrogen (secondary N) is 1. The van der Waals surface area contributed by atoms with Crippen LogP contribution >= 0.6 is 0 Å². The van der Waals surface area contributed by atoms with Crippen LogP contribution in [-0.4, -0.2) is 0 Å². The van der Waals surface area contributed by atoms with Crippen LogP contribution in [0.4, 0.5) is 0 Å². The van der Waals surface area contributed by atoms with Crippen molar-refractivity contribution >= 4 is 0 Å². The number of hydrogen-bond donors (Lipinski definition) is 1. The zero-order valence-corrected chi connectivity index (χ0v) is 6.99. The minimum atomic E-state index is 1.09. The SMILES string of the molecule is C=CN/C(C)=C(\C)C(=C)C. The molecule has 0 heterocycles. The Morgan fingerprint density at radius 3 is 2.10 bits per heavy atom. The summed E-state index contributed by atoms with van der Waals surface area (Å²) in [5.74, 6) is 0. The monoisotopic (exact) mass is 137 g/mol.